The van der Waals surface area contributed by atoms with Gasteiger partial charge in [-0.05, 0) is 32.9 Å². The molecule has 0 aliphatic carbocycles. The summed E-state index contributed by atoms with van der Waals surface area (Å²) in [4.78, 5) is 14.3. The van der Waals surface area contributed by atoms with E-state index in [0.717, 1.165) is 58.8 Å². The highest BCUT2D eigenvalue weighted by Crippen LogP contribution is 2.14. The van der Waals surface area contributed by atoms with E-state index in [1.807, 2.05) is 0 Å². The smallest absolute Gasteiger partial charge is 0.224 e. The van der Waals surface area contributed by atoms with Crippen molar-refractivity contribution >= 4 is 5.91 Å². The minimum Gasteiger partial charge on any atom is -0.379 e. The molecule has 0 radical (unpaired) electrons. The van der Waals surface area contributed by atoms with E-state index < -0.39 is 0 Å². The molecule has 2 N–H and O–H groups in total. The zero-order valence-corrected chi connectivity index (χ0v) is 11.3. The molecule has 2 saturated heterocycles. The van der Waals surface area contributed by atoms with Crippen molar-refractivity contribution in [1.29, 1.82) is 0 Å². The number of amides is 1. The maximum absolute atomic E-state index is 11.9. The highest BCUT2D eigenvalue weighted by molar-refractivity contribution is 5.79. The van der Waals surface area contributed by atoms with Crippen LogP contribution in [0.5, 0.6) is 0 Å². The van der Waals surface area contributed by atoms with Gasteiger partial charge in [-0.3, -0.25) is 9.69 Å². The Labute approximate surface area is 109 Å². The third kappa shape index (κ3) is 3.93. The third-order valence-corrected chi connectivity index (χ3v) is 3.92. The fourth-order valence-electron chi connectivity index (χ4n) is 2.69. The molecule has 2 aliphatic heterocycles. The van der Waals surface area contributed by atoms with Crippen molar-refractivity contribution in [3.63, 3.8) is 0 Å². The number of nitrogens with one attached hydrogen (secondary N) is 2. The summed E-state index contributed by atoms with van der Waals surface area (Å²) in [6.45, 7) is 8.64. The molecule has 0 spiro atoms. The molecular weight excluding hydrogens is 230 g/mol. The summed E-state index contributed by atoms with van der Waals surface area (Å²) < 4.78 is 5.31. The molecule has 0 saturated carbocycles. The van der Waals surface area contributed by atoms with Crippen LogP contribution in [0, 0.1) is 5.92 Å². The average Bonchev–Trinajstić information content (AvgIpc) is 2.82. The number of hydrogen-bond donors (Lipinski definition) is 2. The van der Waals surface area contributed by atoms with Gasteiger partial charge in [0.05, 0.1) is 19.1 Å². The number of hydrogen-bond acceptors (Lipinski definition) is 4. The number of carbonyl (C=O) groups is 1. The lowest BCUT2D eigenvalue weighted by atomic mass is 10.0. The SMILES string of the molecule is CC1NCCC1C(=O)NCCCN1CCOCC1. The molecule has 0 aromatic heterocycles. The predicted octanol–water partition coefficient (Wildman–Crippen LogP) is -0.177. The lowest BCUT2D eigenvalue weighted by Crippen LogP contribution is -2.40. The van der Waals surface area contributed by atoms with E-state index in [0.29, 0.717) is 6.04 Å². The van der Waals surface area contributed by atoms with Crippen molar-refractivity contribution in [3.05, 3.63) is 0 Å². The van der Waals surface area contributed by atoms with Crippen LogP contribution >= 0.6 is 0 Å². The van der Waals surface area contributed by atoms with Crippen LogP contribution in [0.1, 0.15) is 19.8 Å². The second-order valence-electron chi connectivity index (χ2n) is 5.24. The van der Waals surface area contributed by atoms with Crippen LogP contribution in [0.3, 0.4) is 0 Å². The molecule has 2 atom stereocenters. The van der Waals surface area contributed by atoms with E-state index >= 15 is 0 Å². The van der Waals surface area contributed by atoms with E-state index in [9.17, 15) is 4.79 Å². The van der Waals surface area contributed by atoms with E-state index in [-0.39, 0.29) is 11.8 Å². The minimum absolute atomic E-state index is 0.161. The van der Waals surface area contributed by atoms with Crippen LogP contribution in [-0.2, 0) is 9.53 Å². The van der Waals surface area contributed by atoms with Crippen molar-refractivity contribution in [2.75, 3.05) is 45.9 Å². The normalized spacial score (nSPS) is 29.4. The Kier molecular flexibility index (Phi) is 5.41. The first-order valence-electron chi connectivity index (χ1n) is 7.08. The van der Waals surface area contributed by atoms with E-state index in [1.54, 1.807) is 0 Å². The molecule has 5 nitrogen and oxygen atoms in total. The van der Waals surface area contributed by atoms with E-state index in [4.69, 9.17) is 4.74 Å². The maximum Gasteiger partial charge on any atom is 0.224 e. The van der Waals surface area contributed by atoms with Gasteiger partial charge in [0.25, 0.3) is 0 Å². The van der Waals surface area contributed by atoms with Gasteiger partial charge in [-0.25, -0.2) is 0 Å². The third-order valence-electron chi connectivity index (χ3n) is 3.92. The van der Waals surface area contributed by atoms with Gasteiger partial charge in [-0.15, -0.1) is 0 Å². The summed E-state index contributed by atoms with van der Waals surface area (Å²) >= 11 is 0. The fourth-order valence-corrected chi connectivity index (χ4v) is 2.69. The van der Waals surface area contributed by atoms with Crippen molar-refractivity contribution in [1.82, 2.24) is 15.5 Å². The fraction of sp³-hybridized carbons (Fsp3) is 0.923. The van der Waals surface area contributed by atoms with Crippen LogP contribution in [0.4, 0.5) is 0 Å². The first kappa shape index (κ1) is 13.8. The maximum atomic E-state index is 11.9. The largest absolute Gasteiger partial charge is 0.379 e. The second kappa shape index (κ2) is 7.07. The molecule has 104 valence electrons. The Morgan fingerprint density at radius 3 is 2.89 bits per heavy atom. The lowest BCUT2D eigenvalue weighted by molar-refractivity contribution is -0.125. The van der Waals surface area contributed by atoms with E-state index in [2.05, 4.69) is 22.5 Å². The molecule has 2 unspecified atom stereocenters. The van der Waals surface area contributed by atoms with Crippen molar-refractivity contribution in [3.8, 4) is 0 Å². The monoisotopic (exact) mass is 255 g/mol. The number of morpholine rings is 1. The molecule has 5 heteroatoms. The second-order valence-corrected chi connectivity index (χ2v) is 5.24. The Hall–Kier alpha value is -0.650. The van der Waals surface area contributed by atoms with Crippen molar-refractivity contribution < 1.29 is 9.53 Å². The molecule has 2 fully saturated rings. The summed E-state index contributed by atoms with van der Waals surface area (Å²) in [5, 5.41) is 6.37. The first-order valence-corrected chi connectivity index (χ1v) is 7.08. The van der Waals surface area contributed by atoms with Crippen LogP contribution in [0.2, 0.25) is 0 Å². The van der Waals surface area contributed by atoms with Crippen LogP contribution in [-0.4, -0.2) is 62.8 Å². The topological polar surface area (TPSA) is 53.6 Å². The predicted molar refractivity (Wildman–Crippen MR) is 70.5 cm³/mol. The highest BCUT2D eigenvalue weighted by atomic mass is 16.5. The number of nitrogens with zero attached hydrogens (tertiary/aromatic N) is 1. The highest BCUT2D eigenvalue weighted by Gasteiger charge is 2.28. The Bertz CT molecular complexity index is 267. The van der Waals surface area contributed by atoms with Crippen molar-refractivity contribution in [2.45, 2.75) is 25.8 Å². The van der Waals surface area contributed by atoms with Gasteiger partial charge in [0.2, 0.25) is 5.91 Å². The molecule has 2 heterocycles. The molecule has 1 amide bonds. The summed E-state index contributed by atoms with van der Waals surface area (Å²) in [7, 11) is 0. The summed E-state index contributed by atoms with van der Waals surface area (Å²) in [5.41, 5.74) is 0. The van der Waals surface area contributed by atoms with Gasteiger partial charge in [0.15, 0.2) is 0 Å². The van der Waals surface area contributed by atoms with Gasteiger partial charge in [-0.2, -0.15) is 0 Å². The lowest BCUT2D eigenvalue weighted by Gasteiger charge is -2.26. The standard InChI is InChI=1S/C13H25N3O2/c1-11-12(3-5-14-11)13(17)15-4-2-6-16-7-9-18-10-8-16/h11-12,14H,2-10H2,1H3,(H,15,17). The molecule has 0 bridgehead atoms. The van der Waals surface area contributed by atoms with Gasteiger partial charge in [0, 0.05) is 25.7 Å². The number of ether oxygens (including phenoxy) is 1. The summed E-state index contributed by atoms with van der Waals surface area (Å²) in [6, 6.07) is 0.323. The van der Waals surface area contributed by atoms with Crippen LogP contribution in [0.25, 0.3) is 0 Å². The molecule has 0 aromatic carbocycles. The molecular formula is C13H25N3O2. The number of rotatable bonds is 5. The molecule has 18 heavy (non-hydrogen) atoms. The number of carbonyl (C=O) groups excluding carboxylic acids is 1. The average molecular weight is 255 g/mol. The zero-order chi connectivity index (χ0) is 12.8. The van der Waals surface area contributed by atoms with E-state index in [1.165, 1.54) is 0 Å². The summed E-state index contributed by atoms with van der Waals surface area (Å²) in [5.74, 6) is 0.378. The van der Waals surface area contributed by atoms with Gasteiger partial charge in [-0.1, -0.05) is 0 Å². The Balaban J connectivity index is 1.56. The van der Waals surface area contributed by atoms with Crippen LogP contribution < -0.4 is 10.6 Å². The zero-order valence-electron chi connectivity index (χ0n) is 11.3. The first-order chi connectivity index (χ1) is 8.77. The molecule has 0 aromatic rings. The quantitative estimate of drug-likeness (QED) is 0.669. The van der Waals surface area contributed by atoms with Crippen molar-refractivity contribution in [2.24, 2.45) is 5.92 Å². The van der Waals surface area contributed by atoms with Gasteiger partial charge in [0.1, 0.15) is 0 Å². The molecule has 2 aliphatic rings. The minimum atomic E-state index is 0.161. The van der Waals surface area contributed by atoms with Crippen LogP contribution in [0.15, 0.2) is 0 Å². The molecule has 2 rings (SSSR count). The Morgan fingerprint density at radius 2 is 2.22 bits per heavy atom. The van der Waals surface area contributed by atoms with Gasteiger partial charge < -0.3 is 15.4 Å². The summed E-state index contributed by atoms with van der Waals surface area (Å²) in [6.07, 6.45) is 2.00. The van der Waals surface area contributed by atoms with Gasteiger partial charge >= 0.3 is 0 Å². The Morgan fingerprint density at radius 1 is 1.44 bits per heavy atom.